The summed E-state index contributed by atoms with van der Waals surface area (Å²) in [6.45, 7) is 8.03. The molecule has 90 valence electrons. The largest absolute Gasteiger partial charge is 0.338 e. The summed E-state index contributed by atoms with van der Waals surface area (Å²) in [7, 11) is 0. The van der Waals surface area contributed by atoms with Gasteiger partial charge < -0.3 is 9.84 Å². The highest BCUT2D eigenvalue weighted by Gasteiger charge is 2.20. The van der Waals surface area contributed by atoms with Crippen LogP contribution in [0.3, 0.4) is 0 Å². The molecule has 1 saturated heterocycles. The molecule has 0 aromatic carbocycles. The zero-order chi connectivity index (χ0) is 11.4. The normalized spacial score (nSPS) is 22.5. The van der Waals surface area contributed by atoms with Crippen molar-refractivity contribution in [1.29, 1.82) is 0 Å². The molecule has 2 heterocycles. The van der Waals surface area contributed by atoms with E-state index in [0.29, 0.717) is 6.04 Å². The van der Waals surface area contributed by atoms with E-state index in [-0.39, 0.29) is 0 Å². The standard InChI is InChI=1S/C11H20N4O/c1-3-12-10-5-4-6-15(7-10)8-11-13-9(2)14-16-11/h10,12H,3-8H2,1-2H3. The lowest BCUT2D eigenvalue weighted by Crippen LogP contribution is -2.45. The van der Waals surface area contributed by atoms with E-state index in [4.69, 9.17) is 4.52 Å². The van der Waals surface area contributed by atoms with Crippen LogP contribution in [0.5, 0.6) is 0 Å². The highest BCUT2D eigenvalue weighted by Crippen LogP contribution is 2.12. The van der Waals surface area contributed by atoms with Gasteiger partial charge in [-0.3, -0.25) is 4.90 Å². The summed E-state index contributed by atoms with van der Waals surface area (Å²) in [4.78, 5) is 6.61. The molecule has 1 aromatic rings. The van der Waals surface area contributed by atoms with Gasteiger partial charge in [0, 0.05) is 12.6 Å². The van der Waals surface area contributed by atoms with E-state index in [9.17, 15) is 0 Å². The fourth-order valence-corrected chi connectivity index (χ4v) is 2.25. The Kier molecular flexibility index (Phi) is 3.90. The van der Waals surface area contributed by atoms with Crippen LogP contribution in [-0.2, 0) is 6.54 Å². The second-order valence-corrected chi connectivity index (χ2v) is 4.37. The molecular weight excluding hydrogens is 204 g/mol. The van der Waals surface area contributed by atoms with Crippen LogP contribution in [0, 0.1) is 6.92 Å². The molecule has 1 N–H and O–H groups in total. The van der Waals surface area contributed by atoms with Gasteiger partial charge >= 0.3 is 0 Å². The first kappa shape index (κ1) is 11.5. The van der Waals surface area contributed by atoms with E-state index in [1.165, 1.54) is 12.8 Å². The molecule has 1 aliphatic heterocycles. The first-order chi connectivity index (χ1) is 7.78. The zero-order valence-electron chi connectivity index (χ0n) is 10.1. The minimum absolute atomic E-state index is 0.614. The summed E-state index contributed by atoms with van der Waals surface area (Å²) in [6, 6.07) is 0.614. The van der Waals surface area contributed by atoms with Crippen LogP contribution >= 0.6 is 0 Å². The van der Waals surface area contributed by atoms with Crippen molar-refractivity contribution < 1.29 is 4.52 Å². The molecule has 0 saturated carbocycles. The topological polar surface area (TPSA) is 54.2 Å². The SMILES string of the molecule is CCNC1CCCN(Cc2nc(C)no2)C1. The van der Waals surface area contributed by atoms with Crippen molar-refractivity contribution in [3.05, 3.63) is 11.7 Å². The highest BCUT2D eigenvalue weighted by molar-refractivity contribution is 4.85. The van der Waals surface area contributed by atoms with Gasteiger partial charge in [0.15, 0.2) is 5.82 Å². The molecule has 1 atom stereocenters. The molecule has 1 unspecified atom stereocenters. The van der Waals surface area contributed by atoms with Gasteiger partial charge in [0.25, 0.3) is 0 Å². The maximum absolute atomic E-state index is 5.14. The number of nitrogens with zero attached hydrogens (tertiary/aromatic N) is 3. The number of rotatable bonds is 4. The van der Waals surface area contributed by atoms with Crippen molar-refractivity contribution in [3.8, 4) is 0 Å². The van der Waals surface area contributed by atoms with Gasteiger partial charge in [0.05, 0.1) is 6.54 Å². The van der Waals surface area contributed by atoms with E-state index in [1.807, 2.05) is 6.92 Å². The molecule has 16 heavy (non-hydrogen) atoms. The quantitative estimate of drug-likeness (QED) is 0.825. The third-order valence-electron chi connectivity index (χ3n) is 2.93. The van der Waals surface area contributed by atoms with Crippen molar-refractivity contribution >= 4 is 0 Å². The molecular formula is C11H20N4O. The summed E-state index contributed by atoms with van der Waals surface area (Å²) < 4.78 is 5.14. The van der Waals surface area contributed by atoms with Gasteiger partial charge in [-0.15, -0.1) is 0 Å². The van der Waals surface area contributed by atoms with Crippen molar-refractivity contribution in [2.24, 2.45) is 0 Å². The Balaban J connectivity index is 1.85. The zero-order valence-corrected chi connectivity index (χ0v) is 10.1. The van der Waals surface area contributed by atoms with Crippen LogP contribution < -0.4 is 5.32 Å². The third kappa shape index (κ3) is 3.02. The van der Waals surface area contributed by atoms with Crippen molar-refractivity contribution in [3.63, 3.8) is 0 Å². The third-order valence-corrected chi connectivity index (χ3v) is 2.93. The Labute approximate surface area is 96.2 Å². The summed E-state index contributed by atoms with van der Waals surface area (Å²) in [5, 5.41) is 7.31. The molecule has 5 nitrogen and oxygen atoms in total. The van der Waals surface area contributed by atoms with Crippen molar-refractivity contribution in [2.45, 2.75) is 39.3 Å². The molecule has 0 radical (unpaired) electrons. The number of aromatic nitrogens is 2. The van der Waals surface area contributed by atoms with Crippen LogP contribution in [0.25, 0.3) is 0 Å². The predicted octanol–water partition coefficient (Wildman–Crippen LogP) is 0.952. The van der Waals surface area contributed by atoms with Gasteiger partial charge in [-0.2, -0.15) is 4.98 Å². The monoisotopic (exact) mass is 224 g/mol. The number of likely N-dealkylation sites (tertiary alicyclic amines) is 1. The number of hydrogen-bond donors (Lipinski definition) is 1. The molecule has 0 aliphatic carbocycles. The number of aryl methyl sites for hydroxylation is 1. The summed E-state index contributed by atoms with van der Waals surface area (Å²) in [6.07, 6.45) is 2.51. The van der Waals surface area contributed by atoms with E-state index in [0.717, 1.165) is 37.9 Å². The lowest BCUT2D eigenvalue weighted by Gasteiger charge is -2.32. The second kappa shape index (κ2) is 5.41. The molecule has 0 spiro atoms. The van der Waals surface area contributed by atoms with Crippen LogP contribution in [0.1, 0.15) is 31.5 Å². The van der Waals surface area contributed by atoms with E-state index in [2.05, 4.69) is 27.3 Å². The second-order valence-electron chi connectivity index (χ2n) is 4.37. The first-order valence-electron chi connectivity index (χ1n) is 6.03. The summed E-state index contributed by atoms with van der Waals surface area (Å²) >= 11 is 0. The van der Waals surface area contributed by atoms with Gasteiger partial charge in [-0.25, -0.2) is 0 Å². The fourth-order valence-electron chi connectivity index (χ4n) is 2.25. The minimum atomic E-state index is 0.614. The Morgan fingerprint density at radius 3 is 3.12 bits per heavy atom. The van der Waals surface area contributed by atoms with Gasteiger partial charge in [0.1, 0.15) is 0 Å². The lowest BCUT2D eigenvalue weighted by molar-refractivity contribution is 0.165. The first-order valence-corrected chi connectivity index (χ1v) is 6.03. The molecule has 0 amide bonds. The Morgan fingerprint density at radius 2 is 2.44 bits per heavy atom. The maximum Gasteiger partial charge on any atom is 0.240 e. The molecule has 1 aliphatic rings. The number of hydrogen-bond acceptors (Lipinski definition) is 5. The van der Waals surface area contributed by atoms with E-state index < -0.39 is 0 Å². The Morgan fingerprint density at radius 1 is 1.56 bits per heavy atom. The van der Waals surface area contributed by atoms with E-state index >= 15 is 0 Å². The Bertz CT molecular complexity index is 324. The average Bonchev–Trinajstić information content (AvgIpc) is 2.65. The predicted molar refractivity (Wildman–Crippen MR) is 61.0 cm³/mol. The molecule has 1 aromatic heterocycles. The summed E-state index contributed by atoms with van der Waals surface area (Å²) in [5.41, 5.74) is 0. The van der Waals surface area contributed by atoms with Crippen LogP contribution in [0.15, 0.2) is 4.52 Å². The highest BCUT2D eigenvalue weighted by atomic mass is 16.5. The van der Waals surface area contributed by atoms with Crippen LogP contribution in [0.4, 0.5) is 0 Å². The van der Waals surface area contributed by atoms with Gasteiger partial charge in [-0.1, -0.05) is 12.1 Å². The van der Waals surface area contributed by atoms with Crippen molar-refractivity contribution in [2.75, 3.05) is 19.6 Å². The number of nitrogens with one attached hydrogen (secondary N) is 1. The maximum atomic E-state index is 5.14. The fraction of sp³-hybridized carbons (Fsp3) is 0.818. The lowest BCUT2D eigenvalue weighted by atomic mass is 10.1. The molecule has 1 fully saturated rings. The van der Waals surface area contributed by atoms with Gasteiger partial charge in [0.2, 0.25) is 5.89 Å². The number of piperidine rings is 1. The number of likely N-dealkylation sites (N-methyl/N-ethyl adjacent to an activating group) is 1. The molecule has 0 bridgehead atoms. The van der Waals surface area contributed by atoms with Crippen LogP contribution in [-0.4, -0.2) is 40.7 Å². The summed E-state index contributed by atoms with van der Waals surface area (Å²) in [5.74, 6) is 1.45. The molecule has 2 rings (SSSR count). The van der Waals surface area contributed by atoms with Crippen molar-refractivity contribution in [1.82, 2.24) is 20.4 Å². The average molecular weight is 224 g/mol. The van der Waals surface area contributed by atoms with Gasteiger partial charge in [-0.05, 0) is 32.9 Å². The smallest absolute Gasteiger partial charge is 0.240 e. The van der Waals surface area contributed by atoms with E-state index in [1.54, 1.807) is 0 Å². The molecule has 5 heteroatoms. The Hall–Kier alpha value is -0.940. The van der Waals surface area contributed by atoms with Crippen LogP contribution in [0.2, 0.25) is 0 Å². The minimum Gasteiger partial charge on any atom is -0.338 e.